The highest BCUT2D eigenvalue weighted by molar-refractivity contribution is 6.30. The number of nitrogens with one attached hydrogen (secondary N) is 1. The molecule has 4 rings (SSSR count). The molecule has 1 heterocycles. The first-order valence-electron chi connectivity index (χ1n) is 8.39. The lowest BCUT2D eigenvalue weighted by Gasteiger charge is -2.45. The lowest BCUT2D eigenvalue weighted by Crippen LogP contribution is -2.66. The van der Waals surface area contributed by atoms with Crippen LogP contribution in [0.2, 0.25) is 5.02 Å². The fourth-order valence-electron chi connectivity index (χ4n) is 5.71. The number of amides is 2. The van der Waals surface area contributed by atoms with Crippen molar-refractivity contribution in [2.75, 3.05) is 6.54 Å². The number of piperidine rings is 1. The molecule has 3 aliphatic rings. The van der Waals surface area contributed by atoms with Crippen LogP contribution in [0.4, 0.5) is 0 Å². The maximum atomic E-state index is 12.6. The molecule has 4 atom stereocenters. The second-order valence-electron chi connectivity index (χ2n) is 7.95. The fourth-order valence-corrected chi connectivity index (χ4v) is 5.84. The van der Waals surface area contributed by atoms with Gasteiger partial charge in [0, 0.05) is 22.5 Å². The summed E-state index contributed by atoms with van der Waals surface area (Å²) in [4.78, 5) is 25.1. The zero-order valence-electron chi connectivity index (χ0n) is 13.9. The second kappa shape index (κ2) is 4.73. The van der Waals surface area contributed by atoms with Crippen molar-refractivity contribution in [3.8, 4) is 0 Å². The van der Waals surface area contributed by atoms with Crippen LogP contribution in [0, 0.1) is 16.7 Å². The molecule has 24 heavy (non-hydrogen) atoms. The van der Waals surface area contributed by atoms with E-state index in [4.69, 9.17) is 17.3 Å². The number of rotatable bonds is 3. The van der Waals surface area contributed by atoms with Crippen molar-refractivity contribution in [2.45, 2.75) is 38.6 Å². The van der Waals surface area contributed by atoms with E-state index in [0.717, 1.165) is 19.3 Å². The van der Waals surface area contributed by atoms with E-state index in [1.165, 1.54) is 0 Å². The lowest BCUT2D eigenvalue weighted by molar-refractivity contribution is -0.137. The number of halogens is 1. The van der Waals surface area contributed by atoms with Gasteiger partial charge in [-0.3, -0.25) is 15.0 Å². The number of primary amides is 1. The van der Waals surface area contributed by atoms with Crippen molar-refractivity contribution in [3.05, 3.63) is 34.9 Å². The lowest BCUT2D eigenvalue weighted by atomic mass is 9.65. The van der Waals surface area contributed by atoms with Gasteiger partial charge < -0.3 is 5.73 Å². The Kier molecular flexibility index (Phi) is 3.14. The summed E-state index contributed by atoms with van der Waals surface area (Å²) in [6.07, 6.45) is 2.85. The predicted molar refractivity (Wildman–Crippen MR) is 91.1 cm³/mol. The van der Waals surface area contributed by atoms with E-state index in [1.807, 2.05) is 5.01 Å². The van der Waals surface area contributed by atoms with Crippen molar-refractivity contribution in [1.29, 1.82) is 0 Å². The van der Waals surface area contributed by atoms with E-state index in [2.05, 4.69) is 19.3 Å². The Hall–Kier alpha value is -1.59. The molecule has 0 radical (unpaired) electrons. The Bertz CT molecular complexity index is 736. The van der Waals surface area contributed by atoms with E-state index in [-0.39, 0.29) is 22.6 Å². The van der Waals surface area contributed by atoms with Gasteiger partial charge in [0.1, 0.15) is 5.54 Å². The second-order valence-corrected chi connectivity index (χ2v) is 8.38. The summed E-state index contributed by atoms with van der Waals surface area (Å²) in [6, 6.07) is 6.72. The molecule has 1 saturated heterocycles. The number of benzene rings is 1. The number of nitrogens with zero attached hydrogens (tertiary/aromatic N) is 1. The van der Waals surface area contributed by atoms with Crippen molar-refractivity contribution >= 4 is 23.4 Å². The van der Waals surface area contributed by atoms with Gasteiger partial charge >= 0.3 is 0 Å². The van der Waals surface area contributed by atoms with Gasteiger partial charge in [0.15, 0.2) is 0 Å². The summed E-state index contributed by atoms with van der Waals surface area (Å²) in [7, 11) is 0. The molecule has 128 valence electrons. The van der Waals surface area contributed by atoms with Crippen LogP contribution in [-0.4, -0.2) is 28.9 Å². The molecule has 3 N–H and O–H groups in total. The standard InChI is InChI=1S/C18H22ClN3O2/c1-16-10-22(21-14(23)11-3-5-13(19)6-4-11)18(15(20)24)9-12(16)7-8-17(16,18)2/h3-6,12H,7-10H2,1-2H3,(H2,20,24)(H,21,23)/t12-,16-,17+,18+/m0/s1. The maximum absolute atomic E-state index is 12.6. The Morgan fingerprint density at radius 3 is 2.54 bits per heavy atom. The van der Waals surface area contributed by atoms with Gasteiger partial charge in [-0.05, 0) is 54.9 Å². The smallest absolute Gasteiger partial charge is 0.265 e. The van der Waals surface area contributed by atoms with Gasteiger partial charge in [0.2, 0.25) is 5.91 Å². The molecule has 1 aliphatic heterocycles. The molecule has 2 saturated carbocycles. The highest BCUT2D eigenvalue weighted by Gasteiger charge is 2.80. The van der Waals surface area contributed by atoms with Crippen LogP contribution in [0.15, 0.2) is 24.3 Å². The third-order valence-electron chi connectivity index (χ3n) is 7.31. The minimum Gasteiger partial charge on any atom is -0.368 e. The largest absolute Gasteiger partial charge is 0.368 e. The van der Waals surface area contributed by atoms with Crippen LogP contribution in [0.3, 0.4) is 0 Å². The number of nitrogens with two attached hydrogens (primary N) is 1. The Balaban J connectivity index is 1.66. The van der Waals surface area contributed by atoms with E-state index < -0.39 is 5.54 Å². The van der Waals surface area contributed by atoms with Gasteiger partial charge in [-0.2, -0.15) is 0 Å². The van der Waals surface area contributed by atoms with Crippen LogP contribution in [0.1, 0.15) is 43.5 Å². The van der Waals surface area contributed by atoms with Crippen LogP contribution in [0.25, 0.3) is 0 Å². The first kappa shape index (κ1) is 15.9. The van der Waals surface area contributed by atoms with E-state index in [1.54, 1.807) is 24.3 Å². The number of carbonyl (C=O) groups is 2. The molecule has 2 aliphatic carbocycles. The summed E-state index contributed by atoms with van der Waals surface area (Å²) in [5.41, 5.74) is 8.38. The summed E-state index contributed by atoms with van der Waals surface area (Å²) in [6.45, 7) is 5.07. The highest BCUT2D eigenvalue weighted by atomic mass is 35.5. The number of hydrazine groups is 1. The van der Waals surface area contributed by atoms with Crippen molar-refractivity contribution in [1.82, 2.24) is 10.4 Å². The van der Waals surface area contributed by atoms with Gasteiger partial charge in [-0.1, -0.05) is 25.4 Å². The van der Waals surface area contributed by atoms with Gasteiger partial charge in [0.05, 0.1) is 0 Å². The zero-order valence-corrected chi connectivity index (χ0v) is 14.7. The molecule has 5 nitrogen and oxygen atoms in total. The Labute approximate surface area is 146 Å². The summed E-state index contributed by atoms with van der Waals surface area (Å²) >= 11 is 5.88. The van der Waals surface area contributed by atoms with E-state index in [9.17, 15) is 9.59 Å². The molecule has 0 spiro atoms. The minimum absolute atomic E-state index is 0.00923. The first-order chi connectivity index (χ1) is 11.2. The Morgan fingerprint density at radius 1 is 1.29 bits per heavy atom. The SMILES string of the molecule is C[C@]12CC[C@H]3C[C@]1(C(N)=O)N(NC(=O)c1ccc(Cl)cc1)C[C@@]32C. The molecule has 0 unspecified atom stereocenters. The summed E-state index contributed by atoms with van der Waals surface area (Å²) < 4.78 is 0. The monoisotopic (exact) mass is 347 g/mol. The number of hydrogen-bond acceptors (Lipinski definition) is 3. The minimum atomic E-state index is -0.785. The molecule has 6 heteroatoms. The van der Waals surface area contributed by atoms with Gasteiger partial charge in [-0.15, -0.1) is 0 Å². The van der Waals surface area contributed by atoms with Crippen molar-refractivity contribution in [2.24, 2.45) is 22.5 Å². The third kappa shape index (κ3) is 1.64. The van der Waals surface area contributed by atoms with Crippen LogP contribution in [-0.2, 0) is 4.79 Å². The first-order valence-corrected chi connectivity index (χ1v) is 8.76. The molecule has 1 aromatic rings. The average Bonchev–Trinajstić information content (AvgIpc) is 2.97. The van der Waals surface area contributed by atoms with Crippen molar-refractivity contribution < 1.29 is 9.59 Å². The fraction of sp³-hybridized carbons (Fsp3) is 0.556. The zero-order chi connectivity index (χ0) is 17.3. The van der Waals surface area contributed by atoms with Crippen molar-refractivity contribution in [3.63, 3.8) is 0 Å². The quantitative estimate of drug-likeness (QED) is 0.881. The van der Waals surface area contributed by atoms with Crippen LogP contribution < -0.4 is 11.2 Å². The molecule has 0 aromatic heterocycles. The van der Waals surface area contributed by atoms with Gasteiger partial charge in [-0.25, -0.2) is 5.01 Å². The summed E-state index contributed by atoms with van der Waals surface area (Å²) in [5, 5.41) is 2.40. The van der Waals surface area contributed by atoms with E-state index in [0.29, 0.717) is 23.0 Å². The van der Waals surface area contributed by atoms with Crippen LogP contribution >= 0.6 is 11.6 Å². The topological polar surface area (TPSA) is 75.4 Å². The molecular weight excluding hydrogens is 326 g/mol. The highest BCUT2D eigenvalue weighted by Crippen LogP contribution is 2.75. The Morgan fingerprint density at radius 2 is 1.96 bits per heavy atom. The molecule has 3 fully saturated rings. The molecule has 1 aromatic carbocycles. The molecule has 2 amide bonds. The third-order valence-corrected chi connectivity index (χ3v) is 7.56. The van der Waals surface area contributed by atoms with E-state index >= 15 is 0 Å². The molecule has 4 bridgehead atoms. The summed E-state index contributed by atoms with van der Waals surface area (Å²) in [5.74, 6) is -0.0612. The number of hydrogen-bond donors (Lipinski definition) is 2. The molecular formula is C18H22ClN3O2. The van der Waals surface area contributed by atoms with Gasteiger partial charge in [0.25, 0.3) is 5.91 Å². The maximum Gasteiger partial charge on any atom is 0.265 e. The van der Waals surface area contributed by atoms with Crippen LogP contribution in [0.5, 0.6) is 0 Å². The number of carbonyl (C=O) groups excluding carboxylic acids is 2. The average molecular weight is 348 g/mol. The normalized spacial score (nSPS) is 40.0. The predicted octanol–water partition coefficient (Wildman–Crippen LogP) is 2.35.